The molecule has 4 rings (SSSR count). The Hall–Kier alpha value is -3.59. The second-order valence-corrected chi connectivity index (χ2v) is 10.2. The maximum absolute atomic E-state index is 13.5. The topological polar surface area (TPSA) is 87.7 Å². The van der Waals surface area contributed by atoms with Crippen LogP contribution in [0.25, 0.3) is 11.1 Å². The first-order chi connectivity index (χ1) is 16.1. The number of sulfone groups is 1. The molecule has 1 saturated heterocycles. The van der Waals surface area contributed by atoms with Gasteiger partial charge < -0.3 is 9.80 Å². The number of pyridine rings is 1. The maximum atomic E-state index is 13.5. The molecule has 9 heteroatoms. The van der Waals surface area contributed by atoms with Crippen LogP contribution in [0.15, 0.2) is 65.7 Å². The Morgan fingerprint density at radius 1 is 0.941 bits per heavy atom. The van der Waals surface area contributed by atoms with Crippen molar-refractivity contribution in [2.45, 2.75) is 11.8 Å². The van der Waals surface area contributed by atoms with Crippen molar-refractivity contribution in [3.8, 4) is 11.1 Å². The van der Waals surface area contributed by atoms with E-state index < -0.39 is 15.7 Å². The lowest BCUT2D eigenvalue weighted by Crippen LogP contribution is -2.49. The molecule has 0 bridgehead atoms. The summed E-state index contributed by atoms with van der Waals surface area (Å²) >= 11 is 0. The predicted molar refractivity (Wildman–Crippen MR) is 127 cm³/mol. The van der Waals surface area contributed by atoms with E-state index in [1.54, 1.807) is 41.4 Å². The highest BCUT2D eigenvalue weighted by Crippen LogP contribution is 2.28. The molecule has 34 heavy (non-hydrogen) atoms. The molecule has 2 heterocycles. The van der Waals surface area contributed by atoms with E-state index in [9.17, 15) is 22.4 Å². The van der Waals surface area contributed by atoms with Gasteiger partial charge in [-0.2, -0.15) is 0 Å². The standard InChI is InChI=1S/C25H24FN3O4S/c1-17(30)19-5-10-24(27-16-19)28-11-13-29(14-12-28)25(31)23-15-21(34(2,32)33)8-9-22(23)18-3-6-20(26)7-4-18/h3-10,15-16H,11-14H2,1-2H3. The fraction of sp³-hybridized carbons (Fsp3) is 0.240. The zero-order valence-corrected chi connectivity index (χ0v) is 19.7. The van der Waals surface area contributed by atoms with Crippen molar-refractivity contribution in [2.75, 3.05) is 37.3 Å². The van der Waals surface area contributed by atoms with E-state index in [2.05, 4.69) is 4.98 Å². The number of aromatic nitrogens is 1. The normalized spacial score (nSPS) is 14.2. The number of Topliss-reactive ketones (excluding diaryl/α,β-unsaturated/α-hetero) is 1. The fourth-order valence-electron chi connectivity index (χ4n) is 3.90. The number of halogens is 1. The van der Waals surface area contributed by atoms with Crippen LogP contribution in [0.1, 0.15) is 27.6 Å². The van der Waals surface area contributed by atoms with Gasteiger partial charge in [-0.05, 0) is 54.4 Å². The molecule has 0 aliphatic carbocycles. The molecule has 0 unspecified atom stereocenters. The largest absolute Gasteiger partial charge is 0.353 e. The number of hydrogen-bond donors (Lipinski definition) is 0. The molecule has 1 aliphatic rings. The number of ketones is 1. The minimum absolute atomic E-state index is 0.0510. The van der Waals surface area contributed by atoms with Gasteiger partial charge in [0.25, 0.3) is 5.91 Å². The van der Waals surface area contributed by atoms with Crippen molar-refractivity contribution in [1.82, 2.24) is 9.88 Å². The molecule has 1 fully saturated rings. The Morgan fingerprint density at radius 3 is 2.18 bits per heavy atom. The van der Waals surface area contributed by atoms with Crippen LogP contribution in [0.3, 0.4) is 0 Å². The van der Waals surface area contributed by atoms with Gasteiger partial charge in [-0.1, -0.05) is 18.2 Å². The fourth-order valence-corrected chi connectivity index (χ4v) is 4.55. The van der Waals surface area contributed by atoms with E-state index in [0.29, 0.717) is 42.9 Å². The first-order valence-electron chi connectivity index (χ1n) is 10.7. The summed E-state index contributed by atoms with van der Waals surface area (Å²) in [4.78, 5) is 33.1. The van der Waals surface area contributed by atoms with Crippen LogP contribution in [0.5, 0.6) is 0 Å². The smallest absolute Gasteiger partial charge is 0.254 e. The molecule has 0 radical (unpaired) electrons. The van der Waals surface area contributed by atoms with E-state index in [4.69, 9.17) is 0 Å². The molecule has 0 saturated carbocycles. The van der Waals surface area contributed by atoms with Crippen LogP contribution < -0.4 is 4.90 Å². The van der Waals surface area contributed by atoms with Gasteiger partial charge in [0.05, 0.1) is 4.90 Å². The molecule has 3 aromatic rings. The molecule has 1 aromatic heterocycles. The van der Waals surface area contributed by atoms with Gasteiger partial charge in [0.1, 0.15) is 11.6 Å². The Kier molecular flexibility index (Phi) is 6.47. The Balaban J connectivity index is 1.58. The molecule has 0 spiro atoms. The SMILES string of the molecule is CC(=O)c1ccc(N2CCN(C(=O)c3cc(S(C)(=O)=O)ccc3-c3ccc(F)cc3)CC2)nc1. The van der Waals surface area contributed by atoms with Gasteiger partial charge in [0, 0.05) is 49.8 Å². The highest BCUT2D eigenvalue weighted by atomic mass is 32.2. The minimum atomic E-state index is -3.52. The van der Waals surface area contributed by atoms with E-state index in [-0.39, 0.29) is 22.1 Å². The Bertz CT molecular complexity index is 1330. The molecular weight excluding hydrogens is 457 g/mol. The molecule has 2 aromatic carbocycles. The van der Waals surface area contributed by atoms with Crippen molar-refractivity contribution in [3.05, 3.63) is 77.7 Å². The third kappa shape index (κ3) is 4.99. The third-order valence-electron chi connectivity index (χ3n) is 5.85. The van der Waals surface area contributed by atoms with E-state index in [0.717, 1.165) is 12.1 Å². The molecular formula is C25H24FN3O4S. The zero-order valence-electron chi connectivity index (χ0n) is 18.9. The third-order valence-corrected chi connectivity index (χ3v) is 6.96. The summed E-state index contributed by atoms with van der Waals surface area (Å²) < 4.78 is 37.7. The highest BCUT2D eigenvalue weighted by Gasteiger charge is 2.26. The Labute approximate surface area is 197 Å². The van der Waals surface area contributed by atoms with Gasteiger partial charge in [-0.25, -0.2) is 17.8 Å². The van der Waals surface area contributed by atoms with Gasteiger partial charge in [-0.3, -0.25) is 9.59 Å². The first-order valence-corrected chi connectivity index (χ1v) is 12.6. The van der Waals surface area contributed by atoms with Crippen molar-refractivity contribution < 1.29 is 22.4 Å². The van der Waals surface area contributed by atoms with Crippen molar-refractivity contribution in [1.29, 1.82) is 0 Å². The van der Waals surface area contributed by atoms with E-state index in [1.807, 2.05) is 4.90 Å². The van der Waals surface area contributed by atoms with Crippen LogP contribution in [-0.2, 0) is 9.84 Å². The van der Waals surface area contributed by atoms with Gasteiger partial charge in [0.2, 0.25) is 0 Å². The monoisotopic (exact) mass is 481 g/mol. The molecule has 0 atom stereocenters. The van der Waals surface area contributed by atoms with Gasteiger partial charge in [0.15, 0.2) is 15.6 Å². The van der Waals surface area contributed by atoms with Crippen LogP contribution in [0.4, 0.5) is 10.2 Å². The highest BCUT2D eigenvalue weighted by molar-refractivity contribution is 7.90. The lowest BCUT2D eigenvalue weighted by atomic mass is 9.98. The average Bonchev–Trinajstić information content (AvgIpc) is 2.83. The number of rotatable bonds is 5. The van der Waals surface area contributed by atoms with Crippen LogP contribution in [0.2, 0.25) is 0 Å². The zero-order chi connectivity index (χ0) is 24.5. The second-order valence-electron chi connectivity index (χ2n) is 8.23. The van der Waals surface area contributed by atoms with Crippen molar-refractivity contribution >= 4 is 27.3 Å². The van der Waals surface area contributed by atoms with Crippen LogP contribution in [-0.4, -0.2) is 62.4 Å². The summed E-state index contributed by atoms with van der Waals surface area (Å²) in [5, 5.41) is 0. The van der Waals surface area contributed by atoms with Gasteiger partial charge in [-0.15, -0.1) is 0 Å². The molecule has 1 amide bonds. The predicted octanol–water partition coefficient (Wildman–Crippen LogP) is 3.46. The van der Waals surface area contributed by atoms with Gasteiger partial charge >= 0.3 is 0 Å². The van der Waals surface area contributed by atoms with Crippen LogP contribution in [0, 0.1) is 5.82 Å². The second kappa shape index (κ2) is 9.34. The minimum Gasteiger partial charge on any atom is -0.353 e. The summed E-state index contributed by atoms with van der Waals surface area (Å²) in [6, 6.07) is 13.7. The molecule has 176 valence electrons. The molecule has 1 aliphatic heterocycles. The number of hydrogen-bond acceptors (Lipinski definition) is 6. The molecule has 0 N–H and O–H groups in total. The number of benzene rings is 2. The number of amides is 1. The number of anilines is 1. The lowest BCUT2D eigenvalue weighted by molar-refractivity contribution is 0.0746. The quantitative estimate of drug-likeness (QED) is 0.519. The first kappa shape index (κ1) is 23.6. The van der Waals surface area contributed by atoms with E-state index in [1.165, 1.54) is 31.2 Å². The summed E-state index contributed by atoms with van der Waals surface area (Å²) in [5.74, 6) is -0.0132. The number of piperazine rings is 1. The summed E-state index contributed by atoms with van der Waals surface area (Å²) in [6.45, 7) is 3.40. The van der Waals surface area contributed by atoms with Crippen LogP contribution >= 0.6 is 0 Å². The number of nitrogens with zero attached hydrogens (tertiary/aromatic N) is 3. The van der Waals surface area contributed by atoms with E-state index >= 15 is 0 Å². The number of carbonyl (C=O) groups is 2. The van der Waals surface area contributed by atoms with Crippen molar-refractivity contribution in [3.63, 3.8) is 0 Å². The number of carbonyl (C=O) groups excluding carboxylic acids is 2. The lowest BCUT2D eigenvalue weighted by Gasteiger charge is -2.35. The Morgan fingerprint density at radius 2 is 1.62 bits per heavy atom. The molecule has 7 nitrogen and oxygen atoms in total. The average molecular weight is 482 g/mol. The van der Waals surface area contributed by atoms with Crippen molar-refractivity contribution in [2.24, 2.45) is 0 Å². The summed E-state index contributed by atoms with van der Waals surface area (Å²) in [7, 11) is -3.52. The summed E-state index contributed by atoms with van der Waals surface area (Å²) in [5.41, 5.74) is 1.96. The summed E-state index contributed by atoms with van der Waals surface area (Å²) in [6.07, 6.45) is 2.64. The maximum Gasteiger partial charge on any atom is 0.254 e.